The van der Waals surface area contributed by atoms with Crippen LogP contribution in [0.15, 0.2) is 221 Å². The van der Waals surface area contributed by atoms with Crippen LogP contribution in [-0.4, -0.2) is 126 Å². The maximum atomic E-state index is 13.6. The fourth-order valence-electron chi connectivity index (χ4n) is 12.1. The van der Waals surface area contributed by atoms with Crippen molar-refractivity contribution in [2.24, 2.45) is 0 Å². The van der Waals surface area contributed by atoms with Crippen molar-refractivity contribution < 1.29 is 78.8 Å². The molecule has 14 aromatic rings. The van der Waals surface area contributed by atoms with Gasteiger partial charge in [0, 0.05) is 30.9 Å². The summed E-state index contributed by atoms with van der Waals surface area (Å²) in [5.41, 5.74) is -2.68. The van der Waals surface area contributed by atoms with Gasteiger partial charge in [-0.05, 0) is 108 Å². The number of aromatic nitrogens is 14. The first kappa shape index (κ1) is 87.7. The van der Waals surface area contributed by atoms with Gasteiger partial charge in [0.1, 0.15) is 57.5 Å². The molecule has 2 unspecified atom stereocenters. The molecule has 0 bridgehead atoms. The highest BCUT2D eigenvalue weighted by Gasteiger charge is 2.50. The number of anilines is 2. The molecule has 0 spiro atoms. The Morgan fingerprint density at radius 3 is 1.20 bits per heavy atom. The Morgan fingerprint density at radius 1 is 0.443 bits per heavy atom. The van der Waals surface area contributed by atoms with Gasteiger partial charge in [0.05, 0.1) is 87.6 Å². The van der Waals surface area contributed by atoms with Gasteiger partial charge in [0.2, 0.25) is 0 Å². The number of carbonyl (C=O) groups is 3. The average molecular weight is 1690 g/mol. The molecule has 0 radical (unpaired) electrons. The number of rotatable bonds is 26. The summed E-state index contributed by atoms with van der Waals surface area (Å²) in [7, 11) is -6.27. The summed E-state index contributed by atoms with van der Waals surface area (Å²) in [6.07, 6.45) is 12.0. The monoisotopic (exact) mass is 1690 g/mol. The van der Waals surface area contributed by atoms with E-state index in [1.54, 1.807) is 82.8 Å². The number of nitrogens with one attached hydrogen (secondary N) is 2. The van der Waals surface area contributed by atoms with Crippen molar-refractivity contribution in [2.75, 3.05) is 30.5 Å². The minimum absolute atomic E-state index is 0.0491. The Balaban J connectivity index is 0.000000159. The van der Waals surface area contributed by atoms with E-state index in [1.807, 2.05) is 136 Å². The summed E-state index contributed by atoms with van der Waals surface area (Å²) in [6.45, 7) is 15.3. The lowest BCUT2D eigenvalue weighted by molar-refractivity contribution is -0.0500. The molecule has 14 rings (SSSR count). The van der Waals surface area contributed by atoms with Gasteiger partial charge in [-0.1, -0.05) is 133 Å². The fraction of sp³-hybridized carbons (Fsp3) is 0.226. The average Bonchev–Trinajstić information content (AvgIpc) is 0.747. The first-order chi connectivity index (χ1) is 58.7. The van der Waals surface area contributed by atoms with E-state index in [0.717, 1.165) is 54.7 Å². The topological polar surface area (TPSA) is 420 Å². The first-order valence-corrected chi connectivity index (χ1v) is 38.9. The van der Waals surface area contributed by atoms with E-state index < -0.39 is 83.9 Å². The van der Waals surface area contributed by atoms with Crippen LogP contribution in [0.2, 0.25) is 0 Å². The molecule has 34 nitrogen and oxygen atoms in total. The number of pyridine rings is 6. The lowest BCUT2D eigenvalue weighted by Gasteiger charge is -2.21. The molecule has 0 saturated carbocycles. The Morgan fingerprint density at radius 2 is 0.787 bits per heavy atom. The highest BCUT2D eigenvalue weighted by atomic mass is 32.2. The van der Waals surface area contributed by atoms with Crippen LogP contribution < -0.4 is 56.4 Å². The van der Waals surface area contributed by atoms with E-state index in [4.69, 9.17) is 33.6 Å². The Kier molecular flexibility index (Phi) is 28.7. The van der Waals surface area contributed by atoms with Crippen molar-refractivity contribution in [3.05, 3.63) is 316 Å². The number of fused-ring (bicyclic) bond motifs is 4. The van der Waals surface area contributed by atoms with Crippen LogP contribution in [0.3, 0.4) is 0 Å². The van der Waals surface area contributed by atoms with Gasteiger partial charge in [-0.15, -0.1) is 18.9 Å². The molecule has 0 aliphatic heterocycles. The fourth-order valence-corrected chi connectivity index (χ4v) is 12.6. The van der Waals surface area contributed by atoms with Crippen molar-refractivity contribution >= 4 is 83.5 Å². The minimum Gasteiger partial charge on any atom is -0.506 e. The molecule has 2 atom stereocenters. The lowest BCUT2D eigenvalue weighted by atomic mass is 10.1. The van der Waals surface area contributed by atoms with E-state index in [-0.39, 0.29) is 91.8 Å². The van der Waals surface area contributed by atoms with Crippen LogP contribution in [0.5, 0.6) is 11.5 Å². The largest absolute Gasteiger partial charge is 0.534 e. The van der Waals surface area contributed by atoms with Crippen LogP contribution in [0.4, 0.5) is 24.5 Å². The molecule has 10 aromatic heterocycles. The number of hydrogen-bond acceptors (Lipinski definition) is 30. The summed E-state index contributed by atoms with van der Waals surface area (Å²) in [5.74, 6) is -4.82. The summed E-state index contributed by atoms with van der Waals surface area (Å²) < 4.78 is 85.4. The van der Waals surface area contributed by atoms with Crippen LogP contribution in [-0.2, 0) is 50.8 Å². The lowest BCUT2D eigenvalue weighted by Crippen LogP contribution is -2.35. The zero-order valence-corrected chi connectivity index (χ0v) is 67.7. The summed E-state index contributed by atoms with van der Waals surface area (Å²) in [4.78, 5) is 154. The van der Waals surface area contributed by atoms with Crippen LogP contribution in [0.1, 0.15) is 134 Å². The predicted molar refractivity (Wildman–Crippen MR) is 439 cm³/mol. The number of nitrogens with zero attached hydrogens (tertiary/aromatic N) is 14. The molecule has 0 amide bonds. The van der Waals surface area contributed by atoms with Crippen molar-refractivity contribution in [2.45, 2.75) is 106 Å². The molecule has 0 aliphatic carbocycles. The third kappa shape index (κ3) is 20.3. The number of alkyl halides is 3. The third-order valence-electron chi connectivity index (χ3n) is 18.0. The van der Waals surface area contributed by atoms with Crippen molar-refractivity contribution in [3.63, 3.8) is 0 Å². The number of aromatic hydroxyl groups is 1. The van der Waals surface area contributed by atoms with Gasteiger partial charge >= 0.3 is 50.2 Å². The van der Waals surface area contributed by atoms with Gasteiger partial charge in [0.15, 0.2) is 45.0 Å². The van der Waals surface area contributed by atoms with Crippen LogP contribution in [0, 0.1) is 27.7 Å². The molecular formula is C84H79F3N16O18S. The normalized spacial score (nSPS) is 11.6. The number of esters is 3. The van der Waals surface area contributed by atoms with Gasteiger partial charge in [-0.3, -0.25) is 29.1 Å². The molecule has 38 heteroatoms. The molecule has 122 heavy (non-hydrogen) atoms. The second-order valence-electron chi connectivity index (χ2n) is 26.3. The predicted octanol–water partition coefficient (Wildman–Crippen LogP) is 10.5. The molecule has 4 aromatic carbocycles. The smallest absolute Gasteiger partial charge is 0.506 e. The van der Waals surface area contributed by atoms with E-state index in [9.17, 15) is 60.3 Å². The van der Waals surface area contributed by atoms with Gasteiger partial charge in [-0.25, -0.2) is 54.3 Å². The summed E-state index contributed by atoms with van der Waals surface area (Å²) in [5, 5.41) is 18.1. The SMILES string of the molecule is CCOC(=O)c1c(NC(C)c2cccnc2)c2c(C)ncnc2n(OCc2ccccc2)c1=O.CCOC(=O)c1c(O)c2c(C)ncnc2n(OCc2ccccc2)c1=O.CCOC(=O)c1c(OS(=O)(=O)C(F)(F)F)c2c(C)ncnc2n(OCc2ccccc2)c1=O.Cc1ncnc2c1c(NC(C)c1cccnc1)cc(=O)n2OCc1ccccc1. The van der Waals surface area contributed by atoms with E-state index >= 15 is 0 Å². The molecule has 630 valence electrons. The maximum Gasteiger partial charge on any atom is 0.534 e. The number of benzene rings is 4. The Bertz CT molecular complexity index is 6470. The summed E-state index contributed by atoms with van der Waals surface area (Å²) in [6, 6.07) is 45.6. The molecular weight excluding hydrogens is 1610 g/mol. The zero-order valence-electron chi connectivity index (χ0n) is 66.8. The van der Waals surface area contributed by atoms with Gasteiger partial charge in [0.25, 0.3) is 5.56 Å². The minimum atomic E-state index is -6.27. The van der Waals surface area contributed by atoms with Crippen LogP contribution in [0.25, 0.3) is 44.1 Å². The zero-order chi connectivity index (χ0) is 87.4. The quantitative estimate of drug-likeness (QED) is 0.0196. The first-order valence-electron chi connectivity index (χ1n) is 37.5. The Labute approximate surface area is 692 Å². The second-order valence-corrected chi connectivity index (χ2v) is 27.8. The highest BCUT2D eigenvalue weighted by Crippen LogP contribution is 2.36. The van der Waals surface area contributed by atoms with E-state index in [1.165, 1.54) is 43.6 Å². The number of ether oxygens (including phenoxy) is 3. The molecule has 0 saturated heterocycles. The van der Waals surface area contributed by atoms with Gasteiger partial charge < -0.3 is 53.5 Å². The third-order valence-corrected chi connectivity index (χ3v) is 19.0. The number of carbonyl (C=O) groups excluding carboxylic acids is 3. The van der Waals surface area contributed by atoms with Crippen LogP contribution >= 0.6 is 0 Å². The highest BCUT2D eigenvalue weighted by molar-refractivity contribution is 7.88. The molecule has 3 N–H and O–H groups in total. The Hall–Kier alpha value is -15.1. The van der Waals surface area contributed by atoms with Crippen molar-refractivity contribution in [3.8, 4) is 11.5 Å². The van der Waals surface area contributed by atoms with E-state index in [2.05, 4.69) is 64.7 Å². The van der Waals surface area contributed by atoms with E-state index in [0.29, 0.717) is 44.1 Å². The molecule has 0 fully saturated rings. The van der Waals surface area contributed by atoms with Crippen molar-refractivity contribution in [1.29, 1.82) is 0 Å². The molecule has 0 aliphatic rings. The number of hydrogen-bond donors (Lipinski definition) is 3. The second kappa shape index (κ2) is 39.9. The van der Waals surface area contributed by atoms with Gasteiger partial charge in [-0.2, -0.15) is 21.6 Å². The standard InChI is InChI=1S/C25H25N5O4.C22H21N5O2.C19H16F3N3O7S.C18H17N3O5/c1-4-33-25(32)21-22(29-16(2)19-11-8-12-26-13-19)20-17(3)27-15-28-23(20)30(24(21)31)34-14-18-9-6-5-7-10-18;1-15(18-9-6-10-23-12-18)26-19-11-20(28)27(22-21(19)16(2)24-14-25-22)29-13-17-7-4-3-5-8-17;1-3-30-18(27)14-15(32-33(28,29)19(20,21)22)13-11(2)23-10-24-16(13)25(17(14)26)31-9-12-7-5-4-6-8-12;1-3-25-18(24)14-15(22)13-11(2)19-10-20-16(13)21(17(14)23)26-9-12-7-5-4-6-8-12/h5-13,15-16,29H,4,14H2,1-3H3;3-12,14-15,26H,13H2,1-2H3;4-8,10H,3,9H2,1-2H3;4-8,10,22H,3,9H2,1-2H3. The maximum absolute atomic E-state index is 13.6. The van der Waals surface area contributed by atoms with Crippen molar-refractivity contribution in [1.82, 2.24) is 68.8 Å². The molecule has 10 heterocycles. The number of aryl methyl sites for hydroxylation is 4. The summed E-state index contributed by atoms with van der Waals surface area (Å²) >= 11 is 0. The number of halogens is 3.